The number of benzene rings is 1. The van der Waals surface area contributed by atoms with Gasteiger partial charge < -0.3 is 4.57 Å². The predicted octanol–water partition coefficient (Wildman–Crippen LogP) is 0.0940. The highest BCUT2D eigenvalue weighted by atomic mass is 32.2. The molecule has 9 nitrogen and oxygen atoms in total. The molecule has 2 N–H and O–H groups in total. The lowest BCUT2D eigenvalue weighted by atomic mass is 10.2. The molecule has 0 radical (unpaired) electrons. The minimum atomic E-state index is -3.70. The minimum Gasteiger partial charge on any atom is -0.305 e. The number of rotatable bonds is 5. The number of nitrogens with one attached hydrogen (secondary N) is 2. The van der Waals surface area contributed by atoms with Crippen LogP contribution in [0.3, 0.4) is 0 Å². The molecule has 1 saturated heterocycles. The summed E-state index contributed by atoms with van der Waals surface area (Å²) in [5.41, 5.74) is 4.30. The van der Waals surface area contributed by atoms with Crippen LogP contribution in [0, 0.1) is 0 Å². The summed E-state index contributed by atoms with van der Waals surface area (Å²) < 4.78 is 27.6. The second-order valence-corrected chi connectivity index (χ2v) is 8.25. The molecule has 1 aliphatic rings. The molecule has 2 amide bonds. The van der Waals surface area contributed by atoms with E-state index in [-0.39, 0.29) is 4.90 Å². The fraction of sp³-hybridized carbons (Fsp3) is 0.278. The first-order chi connectivity index (χ1) is 13.4. The molecule has 10 heteroatoms. The van der Waals surface area contributed by atoms with E-state index in [4.69, 9.17) is 0 Å². The normalized spacial score (nSPS) is 14.6. The van der Waals surface area contributed by atoms with Crippen molar-refractivity contribution < 1.29 is 18.0 Å². The molecular weight excluding hydrogens is 384 g/mol. The van der Waals surface area contributed by atoms with E-state index in [1.54, 1.807) is 30.3 Å². The third kappa shape index (κ3) is 4.46. The molecule has 3 rings (SSSR count). The molecule has 0 aliphatic carbocycles. The first-order valence-corrected chi connectivity index (χ1v) is 10.2. The number of carbonyl (C=O) groups excluding carboxylic acids is 2. The molecule has 1 aromatic carbocycles. The van der Waals surface area contributed by atoms with Gasteiger partial charge in [0.25, 0.3) is 17.4 Å². The van der Waals surface area contributed by atoms with Crippen LogP contribution in [-0.2, 0) is 21.4 Å². The number of hydrazine groups is 1. The maximum atomic E-state index is 12.6. The third-order valence-corrected chi connectivity index (χ3v) is 6.21. The van der Waals surface area contributed by atoms with Crippen molar-refractivity contribution in [3.8, 4) is 0 Å². The van der Waals surface area contributed by atoms with E-state index in [9.17, 15) is 22.8 Å². The van der Waals surface area contributed by atoms with Crippen molar-refractivity contribution in [3.63, 3.8) is 0 Å². The number of pyridine rings is 1. The predicted molar refractivity (Wildman–Crippen MR) is 101 cm³/mol. The average Bonchev–Trinajstić information content (AvgIpc) is 3.24. The van der Waals surface area contributed by atoms with E-state index in [1.165, 1.54) is 10.4 Å². The molecule has 0 saturated carbocycles. The standard InChI is InChI=1S/C18H20N4O5S/c23-16(19-20-18(25)14-6-2-1-3-7-14)13-21-12-15(8-9-17(21)24)28(26,27)22-10-4-5-11-22/h1-3,6-9,12H,4-5,10-11,13H2,(H,19,23)(H,20,25). The maximum absolute atomic E-state index is 12.6. The largest absolute Gasteiger partial charge is 0.305 e. The van der Waals surface area contributed by atoms with E-state index in [2.05, 4.69) is 10.9 Å². The molecular formula is C18H20N4O5S. The average molecular weight is 404 g/mol. The van der Waals surface area contributed by atoms with Crippen LogP contribution in [-0.4, -0.2) is 42.2 Å². The Bertz CT molecular complexity index is 1030. The summed E-state index contributed by atoms with van der Waals surface area (Å²) in [4.78, 5) is 35.9. The number of carbonyl (C=O) groups is 2. The van der Waals surface area contributed by atoms with Gasteiger partial charge in [0.15, 0.2) is 0 Å². The fourth-order valence-electron chi connectivity index (χ4n) is 2.85. The SMILES string of the molecule is O=C(Cn1cc(S(=O)(=O)N2CCCC2)ccc1=O)NNC(=O)c1ccccc1. The second kappa shape index (κ2) is 8.36. The number of nitrogens with zero attached hydrogens (tertiary/aromatic N) is 2. The summed E-state index contributed by atoms with van der Waals surface area (Å²) in [5, 5.41) is 0. The number of amides is 2. The van der Waals surface area contributed by atoms with Crippen LogP contribution >= 0.6 is 0 Å². The quantitative estimate of drug-likeness (QED) is 0.685. The zero-order valence-electron chi connectivity index (χ0n) is 15.0. The zero-order valence-corrected chi connectivity index (χ0v) is 15.8. The number of hydrogen-bond donors (Lipinski definition) is 2. The molecule has 0 spiro atoms. The van der Waals surface area contributed by atoms with Gasteiger partial charge in [-0.25, -0.2) is 8.42 Å². The van der Waals surface area contributed by atoms with Crippen LogP contribution in [0.25, 0.3) is 0 Å². The van der Waals surface area contributed by atoms with Crippen LogP contribution in [0.1, 0.15) is 23.2 Å². The van der Waals surface area contributed by atoms with E-state index in [0.717, 1.165) is 29.7 Å². The molecule has 1 fully saturated rings. The molecule has 1 aromatic heterocycles. The Labute approximate surface area is 162 Å². The summed E-state index contributed by atoms with van der Waals surface area (Å²) in [6.07, 6.45) is 2.74. The highest BCUT2D eigenvalue weighted by molar-refractivity contribution is 7.89. The number of hydrogen-bond acceptors (Lipinski definition) is 5. The second-order valence-electron chi connectivity index (χ2n) is 6.31. The Morgan fingerprint density at radius 2 is 1.64 bits per heavy atom. The van der Waals surface area contributed by atoms with Gasteiger partial charge in [0.05, 0.1) is 4.90 Å². The maximum Gasteiger partial charge on any atom is 0.269 e. The minimum absolute atomic E-state index is 0.0462. The molecule has 2 heterocycles. The highest BCUT2D eigenvalue weighted by Crippen LogP contribution is 2.19. The fourth-order valence-corrected chi connectivity index (χ4v) is 4.38. The van der Waals surface area contributed by atoms with E-state index in [1.807, 2.05) is 0 Å². The zero-order chi connectivity index (χ0) is 20.1. The van der Waals surface area contributed by atoms with Gasteiger partial charge in [-0.2, -0.15) is 4.31 Å². The first-order valence-electron chi connectivity index (χ1n) is 8.73. The third-order valence-electron chi connectivity index (χ3n) is 4.32. The van der Waals surface area contributed by atoms with Crippen LogP contribution in [0.4, 0.5) is 0 Å². The van der Waals surface area contributed by atoms with Crippen molar-refractivity contribution in [2.45, 2.75) is 24.3 Å². The van der Waals surface area contributed by atoms with Crippen LogP contribution in [0.2, 0.25) is 0 Å². The summed E-state index contributed by atoms with van der Waals surface area (Å²) in [6, 6.07) is 10.6. The van der Waals surface area contributed by atoms with Crippen molar-refractivity contribution in [1.29, 1.82) is 0 Å². The van der Waals surface area contributed by atoms with Crippen molar-refractivity contribution in [1.82, 2.24) is 19.7 Å². The van der Waals surface area contributed by atoms with Crippen LogP contribution in [0.15, 0.2) is 58.4 Å². The Morgan fingerprint density at radius 3 is 2.32 bits per heavy atom. The van der Waals surface area contributed by atoms with E-state index < -0.39 is 33.9 Å². The lowest BCUT2D eigenvalue weighted by molar-refractivity contribution is -0.122. The Hall–Kier alpha value is -2.98. The topological polar surface area (TPSA) is 118 Å². The smallest absolute Gasteiger partial charge is 0.269 e. The van der Waals surface area contributed by atoms with Crippen LogP contribution in [0.5, 0.6) is 0 Å². The summed E-state index contributed by atoms with van der Waals surface area (Å²) >= 11 is 0. The van der Waals surface area contributed by atoms with Gasteiger partial charge in [-0.05, 0) is 31.0 Å². The molecule has 0 bridgehead atoms. The lowest BCUT2D eigenvalue weighted by Gasteiger charge is -2.16. The Morgan fingerprint density at radius 1 is 0.964 bits per heavy atom. The lowest BCUT2D eigenvalue weighted by Crippen LogP contribution is -2.44. The van der Waals surface area contributed by atoms with E-state index >= 15 is 0 Å². The van der Waals surface area contributed by atoms with Gasteiger partial charge in [0.1, 0.15) is 6.54 Å². The first kappa shape index (κ1) is 19.8. The Balaban J connectivity index is 1.67. The Kier molecular flexibility index (Phi) is 5.90. The van der Waals surface area contributed by atoms with Crippen molar-refractivity contribution >= 4 is 21.8 Å². The molecule has 28 heavy (non-hydrogen) atoms. The van der Waals surface area contributed by atoms with Gasteiger partial charge in [0.2, 0.25) is 10.0 Å². The van der Waals surface area contributed by atoms with Crippen molar-refractivity contribution in [2.24, 2.45) is 0 Å². The van der Waals surface area contributed by atoms with Gasteiger partial charge in [-0.3, -0.25) is 25.2 Å². The van der Waals surface area contributed by atoms with Gasteiger partial charge in [-0.15, -0.1) is 0 Å². The summed E-state index contributed by atoms with van der Waals surface area (Å²) in [7, 11) is -3.70. The summed E-state index contributed by atoms with van der Waals surface area (Å²) in [5.74, 6) is -1.17. The molecule has 2 aromatic rings. The van der Waals surface area contributed by atoms with Gasteiger partial charge in [-0.1, -0.05) is 18.2 Å². The molecule has 148 valence electrons. The van der Waals surface area contributed by atoms with Gasteiger partial charge in [0, 0.05) is 30.9 Å². The van der Waals surface area contributed by atoms with Gasteiger partial charge >= 0.3 is 0 Å². The highest BCUT2D eigenvalue weighted by Gasteiger charge is 2.27. The molecule has 1 aliphatic heterocycles. The van der Waals surface area contributed by atoms with Crippen molar-refractivity contribution in [3.05, 3.63) is 64.6 Å². The molecule has 0 unspecified atom stereocenters. The number of aromatic nitrogens is 1. The van der Waals surface area contributed by atoms with Crippen LogP contribution < -0.4 is 16.4 Å². The number of sulfonamides is 1. The van der Waals surface area contributed by atoms with E-state index in [0.29, 0.717) is 18.7 Å². The van der Waals surface area contributed by atoms with Crippen molar-refractivity contribution in [2.75, 3.05) is 13.1 Å². The monoisotopic (exact) mass is 404 g/mol. The summed E-state index contributed by atoms with van der Waals surface area (Å²) in [6.45, 7) is 0.443. The molecule has 0 atom stereocenters.